The average Bonchev–Trinajstić information content (AvgIpc) is 2.40. The predicted octanol–water partition coefficient (Wildman–Crippen LogP) is 1.08. The van der Waals surface area contributed by atoms with Gasteiger partial charge in [-0.15, -0.1) is 0 Å². The van der Waals surface area contributed by atoms with Gasteiger partial charge in [0.2, 0.25) is 5.91 Å². The number of ether oxygens (including phenoxy) is 1. The first-order valence-electron chi connectivity index (χ1n) is 6.12. The number of halogens is 1. The Labute approximate surface area is 125 Å². The van der Waals surface area contributed by atoms with Crippen LogP contribution in [0.2, 0.25) is 0 Å². The number of aliphatic hydroxyl groups excluding tert-OH is 2. The largest absolute Gasteiger partial charge is 0.503 e. The predicted molar refractivity (Wildman–Crippen MR) is 76.6 cm³/mol. The van der Waals surface area contributed by atoms with Crippen LogP contribution in [0.3, 0.4) is 0 Å². The summed E-state index contributed by atoms with van der Waals surface area (Å²) < 4.78 is 5.59. The van der Waals surface area contributed by atoms with Gasteiger partial charge in [-0.25, -0.2) is 0 Å². The van der Waals surface area contributed by atoms with E-state index >= 15 is 0 Å². The van der Waals surface area contributed by atoms with E-state index in [1.807, 2.05) is 0 Å². The normalized spacial score (nSPS) is 13.7. The number of phenolic OH excluding ortho intramolecular Hbond substituents is 1. The second-order valence-electron chi connectivity index (χ2n) is 4.23. The number of hydrogen-bond donors (Lipinski definition) is 4. The number of benzene rings is 1. The molecule has 0 aromatic heterocycles. The molecular formula is C13H18BrNO5. The number of phenols is 1. The monoisotopic (exact) mass is 347 g/mol. The van der Waals surface area contributed by atoms with Gasteiger partial charge in [0.25, 0.3) is 0 Å². The molecule has 0 heterocycles. The van der Waals surface area contributed by atoms with Crippen LogP contribution >= 0.6 is 15.9 Å². The van der Waals surface area contributed by atoms with Gasteiger partial charge in [0.15, 0.2) is 11.5 Å². The lowest BCUT2D eigenvalue weighted by atomic mass is 10.0. The smallest absolute Gasteiger partial charge is 0.216 e. The molecule has 0 aliphatic carbocycles. The fraction of sp³-hybridized carbons (Fsp3) is 0.462. The van der Waals surface area contributed by atoms with Gasteiger partial charge in [-0.1, -0.05) is 0 Å². The van der Waals surface area contributed by atoms with E-state index in [1.54, 1.807) is 6.92 Å². The maximum absolute atomic E-state index is 10.8. The minimum Gasteiger partial charge on any atom is -0.503 e. The number of nitrogens with one attached hydrogen (secondary N) is 1. The molecule has 4 N–H and O–H groups in total. The molecule has 0 saturated heterocycles. The lowest BCUT2D eigenvalue weighted by Gasteiger charge is -2.20. The van der Waals surface area contributed by atoms with Crippen LogP contribution in [0.1, 0.15) is 25.5 Å². The summed E-state index contributed by atoms with van der Waals surface area (Å²) in [6.45, 7) is 3.37. The molecule has 0 bridgehead atoms. The topological polar surface area (TPSA) is 99.0 Å². The van der Waals surface area contributed by atoms with Gasteiger partial charge < -0.3 is 25.4 Å². The fourth-order valence-electron chi connectivity index (χ4n) is 1.61. The maximum atomic E-state index is 10.8. The van der Waals surface area contributed by atoms with Crippen molar-refractivity contribution in [1.82, 2.24) is 5.32 Å². The molecule has 0 saturated carbocycles. The first kappa shape index (κ1) is 16.7. The molecule has 0 spiro atoms. The molecular weight excluding hydrogens is 330 g/mol. The van der Waals surface area contributed by atoms with E-state index in [0.29, 0.717) is 16.6 Å². The van der Waals surface area contributed by atoms with Crippen LogP contribution in [-0.2, 0) is 4.79 Å². The van der Waals surface area contributed by atoms with Crippen molar-refractivity contribution in [1.29, 1.82) is 0 Å². The number of carbonyl (C=O) groups excluding carboxylic acids is 1. The summed E-state index contributed by atoms with van der Waals surface area (Å²) in [5, 5.41) is 32.1. The second kappa shape index (κ2) is 7.47. The Hall–Kier alpha value is -1.31. The number of carbonyl (C=O) groups is 1. The minimum atomic E-state index is -1.21. The van der Waals surface area contributed by atoms with E-state index in [9.17, 15) is 20.1 Å². The third-order valence-corrected chi connectivity index (χ3v) is 3.22. The summed E-state index contributed by atoms with van der Waals surface area (Å²) in [5.74, 6) is -0.153. The zero-order chi connectivity index (χ0) is 15.3. The molecule has 0 radical (unpaired) electrons. The van der Waals surface area contributed by atoms with Crippen molar-refractivity contribution in [3.05, 3.63) is 22.2 Å². The number of amides is 1. The van der Waals surface area contributed by atoms with Crippen LogP contribution < -0.4 is 10.1 Å². The summed E-state index contributed by atoms with van der Waals surface area (Å²) in [7, 11) is 0. The van der Waals surface area contributed by atoms with E-state index in [-0.39, 0.29) is 24.0 Å². The van der Waals surface area contributed by atoms with Crippen molar-refractivity contribution < 1.29 is 24.9 Å². The van der Waals surface area contributed by atoms with Gasteiger partial charge in [-0.3, -0.25) is 4.79 Å². The molecule has 0 aliphatic heterocycles. The first-order chi connectivity index (χ1) is 9.36. The molecule has 1 rings (SSSR count). The summed E-state index contributed by atoms with van der Waals surface area (Å²) in [4.78, 5) is 10.8. The molecule has 6 nitrogen and oxygen atoms in total. The zero-order valence-corrected chi connectivity index (χ0v) is 12.8. The van der Waals surface area contributed by atoms with Gasteiger partial charge in [-0.05, 0) is 40.5 Å². The standard InChI is InChI=1S/C13H18BrNO5/c1-3-20-11-5-8(4-9(14)13(11)19)12(18)10(17)6-15-7(2)16/h4-5,10,12,17-19H,3,6H2,1-2H3,(H,15,16). The van der Waals surface area contributed by atoms with Crippen LogP contribution in [0.25, 0.3) is 0 Å². The number of rotatable bonds is 6. The van der Waals surface area contributed by atoms with Crippen molar-refractivity contribution in [3.8, 4) is 11.5 Å². The SMILES string of the molecule is CCOc1cc(C(O)C(O)CNC(C)=O)cc(Br)c1O. The van der Waals surface area contributed by atoms with E-state index in [2.05, 4.69) is 21.2 Å². The van der Waals surface area contributed by atoms with Crippen LogP contribution in [0.4, 0.5) is 0 Å². The number of aromatic hydroxyl groups is 1. The Balaban J connectivity index is 2.91. The molecule has 7 heteroatoms. The van der Waals surface area contributed by atoms with Crippen molar-refractivity contribution in [2.75, 3.05) is 13.2 Å². The quantitative estimate of drug-likeness (QED) is 0.617. The van der Waals surface area contributed by atoms with E-state index in [0.717, 1.165) is 0 Å². The lowest BCUT2D eigenvalue weighted by Crippen LogP contribution is -2.34. The summed E-state index contributed by atoms with van der Waals surface area (Å²) in [6.07, 6.45) is -2.37. The summed E-state index contributed by atoms with van der Waals surface area (Å²) in [5.41, 5.74) is 0.371. The Morgan fingerprint density at radius 1 is 1.45 bits per heavy atom. The van der Waals surface area contributed by atoms with Crippen LogP contribution in [0.15, 0.2) is 16.6 Å². The summed E-state index contributed by atoms with van der Waals surface area (Å²) in [6, 6.07) is 2.94. The highest BCUT2D eigenvalue weighted by molar-refractivity contribution is 9.10. The molecule has 112 valence electrons. The third-order valence-electron chi connectivity index (χ3n) is 2.62. The Kier molecular flexibility index (Phi) is 6.25. The van der Waals surface area contributed by atoms with Crippen molar-refractivity contribution in [2.45, 2.75) is 26.1 Å². The van der Waals surface area contributed by atoms with E-state index < -0.39 is 12.2 Å². The molecule has 1 amide bonds. The minimum absolute atomic E-state index is 0.0702. The first-order valence-corrected chi connectivity index (χ1v) is 6.91. The van der Waals surface area contributed by atoms with Gasteiger partial charge in [0.05, 0.1) is 11.1 Å². The van der Waals surface area contributed by atoms with Crippen LogP contribution in [0, 0.1) is 0 Å². The molecule has 0 fully saturated rings. The average molecular weight is 348 g/mol. The summed E-state index contributed by atoms with van der Waals surface area (Å²) >= 11 is 3.15. The van der Waals surface area contributed by atoms with E-state index in [1.165, 1.54) is 19.1 Å². The van der Waals surface area contributed by atoms with Gasteiger partial charge in [0, 0.05) is 13.5 Å². The Morgan fingerprint density at radius 2 is 2.10 bits per heavy atom. The van der Waals surface area contributed by atoms with Crippen molar-refractivity contribution in [2.24, 2.45) is 0 Å². The molecule has 1 aromatic carbocycles. The molecule has 20 heavy (non-hydrogen) atoms. The van der Waals surface area contributed by atoms with E-state index in [4.69, 9.17) is 4.74 Å². The molecule has 2 unspecified atom stereocenters. The van der Waals surface area contributed by atoms with Gasteiger partial charge >= 0.3 is 0 Å². The molecule has 1 aromatic rings. The second-order valence-corrected chi connectivity index (χ2v) is 5.09. The highest BCUT2D eigenvalue weighted by Crippen LogP contribution is 2.37. The zero-order valence-electron chi connectivity index (χ0n) is 11.3. The number of hydrogen-bond acceptors (Lipinski definition) is 5. The highest BCUT2D eigenvalue weighted by Gasteiger charge is 2.21. The van der Waals surface area contributed by atoms with Crippen LogP contribution in [0.5, 0.6) is 11.5 Å². The number of aliphatic hydroxyl groups is 2. The lowest BCUT2D eigenvalue weighted by molar-refractivity contribution is -0.119. The van der Waals surface area contributed by atoms with Crippen molar-refractivity contribution >= 4 is 21.8 Å². The fourth-order valence-corrected chi connectivity index (χ4v) is 2.07. The Morgan fingerprint density at radius 3 is 2.65 bits per heavy atom. The van der Waals surface area contributed by atoms with Crippen molar-refractivity contribution in [3.63, 3.8) is 0 Å². The maximum Gasteiger partial charge on any atom is 0.216 e. The van der Waals surface area contributed by atoms with Gasteiger partial charge in [-0.2, -0.15) is 0 Å². The molecule has 0 aliphatic rings. The third kappa shape index (κ3) is 4.36. The highest BCUT2D eigenvalue weighted by atomic mass is 79.9. The Bertz CT molecular complexity index is 480. The molecule has 2 atom stereocenters. The van der Waals surface area contributed by atoms with Gasteiger partial charge in [0.1, 0.15) is 12.2 Å². The van der Waals surface area contributed by atoms with Crippen LogP contribution in [-0.4, -0.2) is 40.5 Å².